The molecule has 1 aliphatic rings. The summed E-state index contributed by atoms with van der Waals surface area (Å²) in [5, 5.41) is 18.1. The van der Waals surface area contributed by atoms with Crippen molar-refractivity contribution >= 4 is 18.3 Å². The molecule has 1 heterocycles. The van der Waals surface area contributed by atoms with Crippen molar-refractivity contribution in [1.82, 2.24) is 0 Å². The Bertz CT molecular complexity index is 364. The Kier molecular flexibility index (Phi) is 3.48. The van der Waals surface area contributed by atoms with Crippen molar-refractivity contribution in [3.8, 4) is 0 Å². The number of hydrogen-bond acceptors (Lipinski definition) is 4. The highest BCUT2D eigenvalue weighted by atomic mass is 16.5. The zero-order valence-corrected chi connectivity index (χ0v) is 9.39. The highest BCUT2D eigenvalue weighted by Gasteiger charge is 2.16. The van der Waals surface area contributed by atoms with Crippen LogP contribution in [0.25, 0.3) is 0 Å². The molecule has 1 saturated heterocycles. The maximum atomic E-state index is 9.07. The molecular formula is C11H16BNO3. The molecule has 0 radical (unpaired) electrons. The SMILES string of the molecule is Cc1cc(B(O)O)ccc1N1CCOCC1. The van der Waals surface area contributed by atoms with Gasteiger partial charge in [-0.2, -0.15) is 0 Å². The number of ether oxygens (including phenoxy) is 1. The number of hydrogen-bond donors (Lipinski definition) is 2. The lowest BCUT2D eigenvalue weighted by molar-refractivity contribution is 0.122. The van der Waals surface area contributed by atoms with Crippen LogP contribution in [0.5, 0.6) is 0 Å². The van der Waals surface area contributed by atoms with Gasteiger partial charge < -0.3 is 19.7 Å². The highest BCUT2D eigenvalue weighted by Crippen LogP contribution is 2.19. The summed E-state index contributed by atoms with van der Waals surface area (Å²) in [6, 6.07) is 5.51. The van der Waals surface area contributed by atoms with Gasteiger partial charge in [-0.1, -0.05) is 12.1 Å². The van der Waals surface area contributed by atoms with Crippen LogP contribution in [-0.2, 0) is 4.74 Å². The first-order chi connectivity index (χ1) is 7.68. The predicted octanol–water partition coefficient (Wildman–Crippen LogP) is -0.489. The van der Waals surface area contributed by atoms with Crippen molar-refractivity contribution in [2.45, 2.75) is 6.92 Å². The summed E-state index contributed by atoms with van der Waals surface area (Å²) in [7, 11) is -1.39. The minimum atomic E-state index is -1.39. The lowest BCUT2D eigenvalue weighted by Crippen LogP contribution is -2.37. The van der Waals surface area contributed by atoms with Crippen LogP contribution in [0.2, 0.25) is 0 Å². The van der Waals surface area contributed by atoms with Gasteiger partial charge in [-0.25, -0.2) is 0 Å². The number of benzene rings is 1. The molecule has 86 valence electrons. The van der Waals surface area contributed by atoms with Gasteiger partial charge in [-0.15, -0.1) is 0 Å². The zero-order chi connectivity index (χ0) is 11.5. The van der Waals surface area contributed by atoms with E-state index in [4.69, 9.17) is 14.8 Å². The number of morpholine rings is 1. The molecule has 1 aromatic carbocycles. The van der Waals surface area contributed by atoms with E-state index in [1.165, 1.54) is 0 Å². The minimum absolute atomic E-state index is 0.537. The van der Waals surface area contributed by atoms with E-state index >= 15 is 0 Å². The van der Waals surface area contributed by atoms with Crippen LogP contribution in [0.4, 0.5) is 5.69 Å². The summed E-state index contributed by atoms with van der Waals surface area (Å²) in [4.78, 5) is 2.26. The molecule has 0 amide bonds. The number of nitrogens with zero attached hydrogens (tertiary/aromatic N) is 1. The monoisotopic (exact) mass is 221 g/mol. The molecule has 0 aliphatic carbocycles. The smallest absolute Gasteiger partial charge is 0.423 e. The highest BCUT2D eigenvalue weighted by molar-refractivity contribution is 6.58. The van der Waals surface area contributed by atoms with Gasteiger partial charge in [-0.3, -0.25) is 0 Å². The van der Waals surface area contributed by atoms with Crippen molar-refractivity contribution in [3.63, 3.8) is 0 Å². The first-order valence-corrected chi connectivity index (χ1v) is 5.48. The molecule has 1 fully saturated rings. The zero-order valence-electron chi connectivity index (χ0n) is 9.39. The Morgan fingerprint density at radius 2 is 1.94 bits per heavy atom. The van der Waals surface area contributed by atoms with Gasteiger partial charge in [0.25, 0.3) is 0 Å². The van der Waals surface area contributed by atoms with E-state index in [-0.39, 0.29) is 0 Å². The molecule has 0 atom stereocenters. The van der Waals surface area contributed by atoms with E-state index in [0.29, 0.717) is 5.46 Å². The van der Waals surface area contributed by atoms with Crippen molar-refractivity contribution in [3.05, 3.63) is 23.8 Å². The molecule has 2 rings (SSSR count). The average molecular weight is 221 g/mol. The van der Waals surface area contributed by atoms with Crippen LogP contribution in [-0.4, -0.2) is 43.5 Å². The molecule has 4 nitrogen and oxygen atoms in total. The maximum absolute atomic E-state index is 9.07. The molecule has 1 aromatic rings. The topological polar surface area (TPSA) is 52.9 Å². The molecule has 0 aromatic heterocycles. The van der Waals surface area contributed by atoms with E-state index in [0.717, 1.165) is 37.6 Å². The summed E-state index contributed by atoms with van der Waals surface area (Å²) in [6.45, 7) is 5.27. The van der Waals surface area contributed by atoms with Crippen molar-refractivity contribution in [1.29, 1.82) is 0 Å². The molecule has 0 unspecified atom stereocenters. The summed E-state index contributed by atoms with van der Waals surface area (Å²) >= 11 is 0. The van der Waals surface area contributed by atoms with Gasteiger partial charge in [-0.05, 0) is 24.0 Å². The van der Waals surface area contributed by atoms with Crippen LogP contribution in [0.15, 0.2) is 18.2 Å². The first-order valence-electron chi connectivity index (χ1n) is 5.48. The quantitative estimate of drug-likeness (QED) is 0.662. The van der Waals surface area contributed by atoms with Gasteiger partial charge >= 0.3 is 7.12 Å². The van der Waals surface area contributed by atoms with Crippen LogP contribution >= 0.6 is 0 Å². The number of rotatable bonds is 2. The first kappa shape index (κ1) is 11.5. The third-order valence-corrected chi connectivity index (χ3v) is 2.87. The summed E-state index contributed by atoms with van der Waals surface area (Å²) in [5.74, 6) is 0. The molecule has 0 spiro atoms. The van der Waals surface area contributed by atoms with E-state index < -0.39 is 7.12 Å². The largest absolute Gasteiger partial charge is 0.488 e. The molecule has 2 N–H and O–H groups in total. The van der Waals surface area contributed by atoms with Gasteiger partial charge in [0, 0.05) is 18.8 Å². The predicted molar refractivity (Wildman–Crippen MR) is 64.0 cm³/mol. The Morgan fingerprint density at radius 1 is 1.25 bits per heavy atom. The summed E-state index contributed by atoms with van der Waals surface area (Å²) in [5.41, 5.74) is 2.75. The number of anilines is 1. The average Bonchev–Trinajstić information content (AvgIpc) is 2.30. The Morgan fingerprint density at radius 3 is 2.50 bits per heavy atom. The molecule has 16 heavy (non-hydrogen) atoms. The summed E-state index contributed by atoms with van der Waals surface area (Å²) in [6.07, 6.45) is 0. The van der Waals surface area contributed by atoms with Crippen LogP contribution in [0.1, 0.15) is 5.56 Å². The van der Waals surface area contributed by atoms with Gasteiger partial charge in [0.2, 0.25) is 0 Å². The van der Waals surface area contributed by atoms with Crippen LogP contribution < -0.4 is 10.4 Å². The van der Waals surface area contributed by atoms with Crippen molar-refractivity contribution in [2.24, 2.45) is 0 Å². The second kappa shape index (κ2) is 4.87. The van der Waals surface area contributed by atoms with Gasteiger partial charge in [0.15, 0.2) is 0 Å². The Hall–Kier alpha value is -1.04. The Balaban J connectivity index is 2.21. The molecule has 0 bridgehead atoms. The molecule has 5 heteroatoms. The molecule has 1 aliphatic heterocycles. The minimum Gasteiger partial charge on any atom is -0.423 e. The van der Waals surface area contributed by atoms with E-state index in [1.54, 1.807) is 6.07 Å². The second-order valence-corrected chi connectivity index (χ2v) is 4.02. The fourth-order valence-corrected chi connectivity index (χ4v) is 2.00. The normalized spacial score (nSPS) is 16.3. The van der Waals surface area contributed by atoms with Crippen LogP contribution in [0, 0.1) is 6.92 Å². The lowest BCUT2D eigenvalue weighted by atomic mass is 9.79. The maximum Gasteiger partial charge on any atom is 0.488 e. The van der Waals surface area contributed by atoms with E-state index in [2.05, 4.69) is 4.90 Å². The fraction of sp³-hybridized carbons (Fsp3) is 0.455. The molecular weight excluding hydrogens is 205 g/mol. The van der Waals surface area contributed by atoms with Crippen LogP contribution in [0.3, 0.4) is 0 Å². The third-order valence-electron chi connectivity index (χ3n) is 2.87. The van der Waals surface area contributed by atoms with Gasteiger partial charge in [0.05, 0.1) is 13.2 Å². The third kappa shape index (κ3) is 2.37. The fourth-order valence-electron chi connectivity index (χ4n) is 2.00. The lowest BCUT2D eigenvalue weighted by Gasteiger charge is -2.30. The molecule has 0 saturated carbocycles. The Labute approximate surface area is 95.6 Å². The standard InChI is InChI=1S/C11H16BNO3/c1-9-8-10(12(14)15)2-3-11(9)13-4-6-16-7-5-13/h2-3,8,14-15H,4-7H2,1H3. The van der Waals surface area contributed by atoms with Crippen molar-refractivity contribution in [2.75, 3.05) is 31.2 Å². The number of aryl methyl sites for hydroxylation is 1. The van der Waals surface area contributed by atoms with E-state index in [9.17, 15) is 0 Å². The van der Waals surface area contributed by atoms with Crippen molar-refractivity contribution < 1.29 is 14.8 Å². The summed E-state index contributed by atoms with van der Waals surface area (Å²) < 4.78 is 5.30. The van der Waals surface area contributed by atoms with E-state index in [1.807, 2.05) is 19.1 Å². The van der Waals surface area contributed by atoms with Gasteiger partial charge in [0.1, 0.15) is 0 Å². The second-order valence-electron chi connectivity index (χ2n) is 4.02.